The van der Waals surface area contributed by atoms with Crippen LogP contribution in [0, 0.1) is 0 Å². The Hall–Kier alpha value is -1.88. The SMILES string of the molecule is NC(=S)c1ccc2ccn(CC(=O)NC3CC3)c2c1. The molecule has 0 unspecified atom stereocenters. The molecule has 0 aliphatic heterocycles. The van der Waals surface area contributed by atoms with Crippen molar-refractivity contribution < 1.29 is 4.79 Å². The molecule has 98 valence electrons. The summed E-state index contributed by atoms with van der Waals surface area (Å²) >= 11 is 4.98. The summed E-state index contributed by atoms with van der Waals surface area (Å²) in [4.78, 5) is 12.2. The molecule has 1 aromatic carbocycles. The Kier molecular flexibility index (Phi) is 2.98. The number of carbonyl (C=O) groups excluding carboxylic acids is 1. The normalized spacial score (nSPS) is 14.5. The molecule has 0 atom stereocenters. The fraction of sp³-hybridized carbons (Fsp3) is 0.286. The lowest BCUT2D eigenvalue weighted by atomic mass is 10.1. The maximum atomic E-state index is 11.8. The van der Waals surface area contributed by atoms with E-state index in [0.717, 1.165) is 29.3 Å². The molecule has 1 heterocycles. The highest BCUT2D eigenvalue weighted by molar-refractivity contribution is 7.80. The van der Waals surface area contributed by atoms with Crippen molar-refractivity contribution in [3.8, 4) is 0 Å². The van der Waals surface area contributed by atoms with Gasteiger partial charge in [0.25, 0.3) is 0 Å². The molecular formula is C14H15N3OS. The molecular weight excluding hydrogens is 258 g/mol. The van der Waals surface area contributed by atoms with Gasteiger partial charge in [-0.25, -0.2) is 0 Å². The van der Waals surface area contributed by atoms with Crippen LogP contribution in [0.4, 0.5) is 0 Å². The molecule has 0 spiro atoms. The molecule has 19 heavy (non-hydrogen) atoms. The molecule has 0 radical (unpaired) electrons. The summed E-state index contributed by atoms with van der Waals surface area (Å²) in [5.41, 5.74) is 7.45. The first-order valence-corrected chi connectivity index (χ1v) is 6.72. The van der Waals surface area contributed by atoms with Gasteiger partial charge in [-0.3, -0.25) is 4.79 Å². The van der Waals surface area contributed by atoms with Crippen LogP contribution in [-0.4, -0.2) is 21.5 Å². The quantitative estimate of drug-likeness (QED) is 0.831. The van der Waals surface area contributed by atoms with Crippen LogP contribution >= 0.6 is 12.2 Å². The fourth-order valence-corrected chi connectivity index (χ4v) is 2.26. The highest BCUT2D eigenvalue weighted by Gasteiger charge is 2.23. The van der Waals surface area contributed by atoms with Gasteiger partial charge < -0.3 is 15.6 Å². The molecule has 1 amide bonds. The van der Waals surface area contributed by atoms with Crippen molar-refractivity contribution in [1.29, 1.82) is 0 Å². The second-order valence-corrected chi connectivity index (χ2v) is 5.36. The first-order valence-electron chi connectivity index (χ1n) is 6.31. The zero-order valence-corrected chi connectivity index (χ0v) is 11.2. The predicted molar refractivity (Wildman–Crippen MR) is 79.0 cm³/mol. The molecule has 0 saturated heterocycles. The molecule has 1 aromatic heterocycles. The zero-order chi connectivity index (χ0) is 13.4. The van der Waals surface area contributed by atoms with E-state index in [4.69, 9.17) is 18.0 Å². The molecule has 3 N–H and O–H groups in total. The Bertz CT molecular complexity index is 658. The summed E-state index contributed by atoms with van der Waals surface area (Å²) in [5, 5.41) is 4.07. The summed E-state index contributed by atoms with van der Waals surface area (Å²) in [6, 6.07) is 8.19. The van der Waals surface area contributed by atoms with Crippen molar-refractivity contribution in [2.24, 2.45) is 5.73 Å². The largest absolute Gasteiger partial charge is 0.389 e. The lowest BCUT2D eigenvalue weighted by Gasteiger charge is -2.07. The van der Waals surface area contributed by atoms with Gasteiger partial charge in [0.15, 0.2) is 0 Å². The van der Waals surface area contributed by atoms with Crippen molar-refractivity contribution in [2.45, 2.75) is 25.4 Å². The molecule has 4 nitrogen and oxygen atoms in total. The molecule has 2 aromatic rings. The summed E-state index contributed by atoms with van der Waals surface area (Å²) in [6.45, 7) is 0.334. The predicted octanol–water partition coefficient (Wildman–Crippen LogP) is 1.55. The monoisotopic (exact) mass is 273 g/mol. The summed E-state index contributed by atoms with van der Waals surface area (Å²) in [6.07, 6.45) is 4.12. The third-order valence-corrected chi connectivity index (χ3v) is 3.55. The number of hydrogen-bond acceptors (Lipinski definition) is 2. The second kappa shape index (κ2) is 4.66. The maximum Gasteiger partial charge on any atom is 0.240 e. The lowest BCUT2D eigenvalue weighted by Crippen LogP contribution is -2.29. The van der Waals surface area contributed by atoms with Crippen molar-refractivity contribution >= 4 is 34.0 Å². The number of hydrogen-bond donors (Lipinski definition) is 2. The topological polar surface area (TPSA) is 60.0 Å². The first kappa shape index (κ1) is 12.2. The third-order valence-electron chi connectivity index (χ3n) is 3.31. The molecule has 1 aliphatic carbocycles. The van der Waals surface area contributed by atoms with Gasteiger partial charge in [-0.05, 0) is 30.4 Å². The summed E-state index contributed by atoms with van der Waals surface area (Å²) < 4.78 is 1.93. The summed E-state index contributed by atoms with van der Waals surface area (Å²) in [7, 11) is 0. The van der Waals surface area contributed by atoms with Crippen LogP contribution in [0.3, 0.4) is 0 Å². The minimum Gasteiger partial charge on any atom is -0.389 e. The maximum absolute atomic E-state index is 11.8. The van der Waals surface area contributed by atoms with E-state index in [2.05, 4.69) is 5.32 Å². The van der Waals surface area contributed by atoms with Crippen molar-refractivity contribution in [3.05, 3.63) is 36.0 Å². The number of rotatable bonds is 4. The van der Waals surface area contributed by atoms with E-state index in [1.165, 1.54) is 0 Å². The Labute approximate surface area is 116 Å². The minimum atomic E-state index is 0.0562. The van der Waals surface area contributed by atoms with Crippen molar-refractivity contribution in [2.75, 3.05) is 0 Å². The van der Waals surface area contributed by atoms with Gasteiger partial charge in [-0.1, -0.05) is 24.4 Å². The molecule has 1 aliphatic rings. The van der Waals surface area contributed by atoms with E-state index < -0.39 is 0 Å². The van der Waals surface area contributed by atoms with Gasteiger partial charge in [0, 0.05) is 23.3 Å². The number of carbonyl (C=O) groups is 1. The number of aromatic nitrogens is 1. The van der Waals surface area contributed by atoms with Crippen LogP contribution < -0.4 is 11.1 Å². The Morgan fingerprint density at radius 3 is 2.89 bits per heavy atom. The number of amides is 1. The lowest BCUT2D eigenvalue weighted by molar-refractivity contribution is -0.121. The van der Waals surface area contributed by atoms with Crippen LogP contribution in [0.15, 0.2) is 30.5 Å². The van der Waals surface area contributed by atoms with Crippen LogP contribution in [0.5, 0.6) is 0 Å². The van der Waals surface area contributed by atoms with E-state index in [0.29, 0.717) is 17.6 Å². The summed E-state index contributed by atoms with van der Waals surface area (Å²) in [5.74, 6) is 0.0562. The van der Waals surface area contributed by atoms with Crippen molar-refractivity contribution in [1.82, 2.24) is 9.88 Å². The highest BCUT2D eigenvalue weighted by Crippen LogP contribution is 2.20. The van der Waals surface area contributed by atoms with Gasteiger partial charge in [-0.2, -0.15) is 0 Å². The molecule has 1 fully saturated rings. The van der Waals surface area contributed by atoms with Gasteiger partial charge in [0.05, 0.1) is 0 Å². The Balaban J connectivity index is 1.87. The van der Waals surface area contributed by atoms with E-state index >= 15 is 0 Å². The molecule has 5 heteroatoms. The van der Waals surface area contributed by atoms with Gasteiger partial charge in [-0.15, -0.1) is 0 Å². The second-order valence-electron chi connectivity index (χ2n) is 4.92. The third kappa shape index (κ3) is 2.61. The van der Waals surface area contributed by atoms with E-state index in [1.54, 1.807) is 0 Å². The average Bonchev–Trinajstić information content (AvgIpc) is 3.09. The number of thiocarbonyl (C=S) groups is 1. The Morgan fingerprint density at radius 2 is 2.21 bits per heavy atom. The molecule has 1 saturated carbocycles. The van der Waals surface area contributed by atoms with Crippen LogP contribution in [0.2, 0.25) is 0 Å². The smallest absolute Gasteiger partial charge is 0.240 e. The van der Waals surface area contributed by atoms with Crippen LogP contribution in [-0.2, 0) is 11.3 Å². The van der Waals surface area contributed by atoms with E-state index in [-0.39, 0.29) is 5.91 Å². The van der Waals surface area contributed by atoms with E-state index in [9.17, 15) is 4.79 Å². The Morgan fingerprint density at radius 1 is 1.42 bits per heavy atom. The highest BCUT2D eigenvalue weighted by atomic mass is 32.1. The zero-order valence-electron chi connectivity index (χ0n) is 10.4. The number of nitrogens with two attached hydrogens (primary N) is 1. The molecule has 0 bridgehead atoms. The van der Waals surface area contributed by atoms with Gasteiger partial charge >= 0.3 is 0 Å². The van der Waals surface area contributed by atoms with Crippen molar-refractivity contribution in [3.63, 3.8) is 0 Å². The minimum absolute atomic E-state index is 0.0562. The van der Waals surface area contributed by atoms with Crippen LogP contribution in [0.1, 0.15) is 18.4 Å². The van der Waals surface area contributed by atoms with Crippen LogP contribution in [0.25, 0.3) is 10.9 Å². The average molecular weight is 273 g/mol. The fourth-order valence-electron chi connectivity index (χ4n) is 2.13. The van der Waals surface area contributed by atoms with Gasteiger partial charge in [0.2, 0.25) is 5.91 Å². The number of benzene rings is 1. The van der Waals surface area contributed by atoms with E-state index in [1.807, 2.05) is 35.0 Å². The first-order chi connectivity index (χ1) is 9.13. The standard InChI is InChI=1S/C14H15N3OS/c15-14(19)10-2-1-9-5-6-17(12(9)7-10)8-13(18)16-11-3-4-11/h1-2,5-7,11H,3-4,8H2,(H2,15,19)(H,16,18). The molecule has 3 rings (SSSR count). The number of fused-ring (bicyclic) bond motifs is 1. The number of nitrogens with one attached hydrogen (secondary N) is 1. The van der Waals surface area contributed by atoms with Gasteiger partial charge in [0.1, 0.15) is 11.5 Å². The number of nitrogens with zero attached hydrogens (tertiary/aromatic N) is 1.